The molecule has 0 aliphatic carbocycles. The Balaban J connectivity index is 1.48. The van der Waals surface area contributed by atoms with Gasteiger partial charge in [0.15, 0.2) is 0 Å². The quantitative estimate of drug-likeness (QED) is 0.342. The van der Waals surface area contributed by atoms with Gasteiger partial charge >= 0.3 is 5.97 Å². The average molecular weight is 394 g/mol. The van der Waals surface area contributed by atoms with Gasteiger partial charge in [-0.25, -0.2) is 0 Å². The normalized spacial score (nSPS) is 10.6. The van der Waals surface area contributed by atoms with Crippen molar-refractivity contribution in [2.24, 2.45) is 0 Å². The Bertz CT molecular complexity index is 1040. The molecule has 30 heavy (non-hydrogen) atoms. The van der Waals surface area contributed by atoms with E-state index in [9.17, 15) is 4.79 Å². The second-order valence-corrected chi connectivity index (χ2v) is 6.92. The summed E-state index contributed by atoms with van der Waals surface area (Å²) in [7, 11) is 0. The topological polar surface area (TPSA) is 35.5 Å². The Morgan fingerprint density at radius 2 is 1.17 bits per heavy atom. The lowest BCUT2D eigenvalue weighted by Gasteiger charge is -2.17. The molecule has 0 aliphatic rings. The van der Waals surface area contributed by atoms with Crippen LogP contribution in [0.2, 0.25) is 0 Å². The van der Waals surface area contributed by atoms with Gasteiger partial charge in [-0.1, -0.05) is 91.0 Å². The van der Waals surface area contributed by atoms with Gasteiger partial charge in [0.2, 0.25) is 0 Å². The van der Waals surface area contributed by atoms with Crippen LogP contribution in [0.3, 0.4) is 0 Å². The molecule has 0 bridgehead atoms. The molecular formula is C27H22O3. The highest BCUT2D eigenvalue weighted by Crippen LogP contribution is 2.27. The maximum absolute atomic E-state index is 13.0. The van der Waals surface area contributed by atoms with E-state index in [1.165, 1.54) is 0 Å². The fourth-order valence-corrected chi connectivity index (χ4v) is 3.32. The molecule has 0 fully saturated rings. The van der Waals surface area contributed by atoms with Crippen molar-refractivity contribution in [3.8, 4) is 11.5 Å². The third-order valence-electron chi connectivity index (χ3n) is 4.76. The first-order chi connectivity index (χ1) is 14.8. The van der Waals surface area contributed by atoms with Crippen LogP contribution in [-0.2, 0) is 16.1 Å². The lowest BCUT2D eigenvalue weighted by molar-refractivity contribution is -0.145. The van der Waals surface area contributed by atoms with Crippen LogP contribution in [0.15, 0.2) is 115 Å². The molecule has 3 nitrogen and oxygen atoms in total. The van der Waals surface area contributed by atoms with Gasteiger partial charge in [-0.3, -0.25) is 4.79 Å². The Kier molecular flexibility index (Phi) is 6.21. The predicted molar refractivity (Wildman–Crippen MR) is 117 cm³/mol. The summed E-state index contributed by atoms with van der Waals surface area (Å²) in [6.07, 6.45) is 0. The van der Waals surface area contributed by atoms with E-state index in [1.54, 1.807) is 0 Å². The van der Waals surface area contributed by atoms with Gasteiger partial charge in [0.25, 0.3) is 0 Å². The van der Waals surface area contributed by atoms with Gasteiger partial charge in [0.05, 0.1) is 0 Å². The number of rotatable bonds is 7. The SMILES string of the molecule is O=C(OCc1cccc(Oc2ccccc2)c1)C(c1ccccc1)c1ccccc1. The smallest absolute Gasteiger partial charge is 0.318 e. The minimum absolute atomic E-state index is 0.182. The van der Waals surface area contributed by atoms with E-state index >= 15 is 0 Å². The van der Waals surface area contributed by atoms with Crippen molar-refractivity contribution in [3.63, 3.8) is 0 Å². The molecule has 0 spiro atoms. The first-order valence-corrected chi connectivity index (χ1v) is 9.88. The van der Waals surface area contributed by atoms with E-state index in [2.05, 4.69) is 0 Å². The summed E-state index contributed by atoms with van der Waals surface area (Å²) in [5.74, 6) is 0.732. The van der Waals surface area contributed by atoms with Gasteiger partial charge in [-0.2, -0.15) is 0 Å². The maximum Gasteiger partial charge on any atom is 0.318 e. The van der Waals surface area contributed by atoms with E-state index in [0.29, 0.717) is 5.75 Å². The molecular weight excluding hydrogens is 372 g/mol. The molecule has 0 N–H and O–H groups in total. The van der Waals surface area contributed by atoms with Gasteiger partial charge < -0.3 is 9.47 Å². The van der Waals surface area contributed by atoms with Crippen molar-refractivity contribution >= 4 is 5.97 Å². The molecule has 4 rings (SSSR count). The van der Waals surface area contributed by atoms with Crippen LogP contribution < -0.4 is 4.74 Å². The van der Waals surface area contributed by atoms with Crippen molar-refractivity contribution < 1.29 is 14.3 Å². The summed E-state index contributed by atoms with van der Waals surface area (Å²) < 4.78 is 11.6. The lowest BCUT2D eigenvalue weighted by atomic mass is 9.91. The number of esters is 1. The van der Waals surface area contributed by atoms with Crippen LogP contribution in [0, 0.1) is 0 Å². The number of hydrogen-bond acceptors (Lipinski definition) is 3. The van der Waals surface area contributed by atoms with E-state index in [-0.39, 0.29) is 12.6 Å². The summed E-state index contributed by atoms with van der Waals surface area (Å²) in [4.78, 5) is 13.0. The predicted octanol–water partition coefficient (Wildman–Crippen LogP) is 6.35. The van der Waals surface area contributed by atoms with Crippen LogP contribution >= 0.6 is 0 Å². The van der Waals surface area contributed by atoms with Gasteiger partial charge in [-0.15, -0.1) is 0 Å². The van der Waals surface area contributed by atoms with E-state index in [4.69, 9.17) is 9.47 Å². The molecule has 3 heteroatoms. The monoisotopic (exact) mass is 394 g/mol. The number of hydrogen-bond donors (Lipinski definition) is 0. The molecule has 0 heterocycles. The minimum Gasteiger partial charge on any atom is -0.460 e. The first-order valence-electron chi connectivity index (χ1n) is 9.88. The third kappa shape index (κ3) is 4.95. The molecule has 0 aromatic heterocycles. The summed E-state index contributed by atoms with van der Waals surface area (Å²) in [5, 5.41) is 0. The maximum atomic E-state index is 13.0. The fraction of sp³-hybridized carbons (Fsp3) is 0.0741. The molecule has 4 aromatic rings. The van der Waals surface area contributed by atoms with Crippen molar-refractivity contribution in [2.45, 2.75) is 12.5 Å². The summed E-state index contributed by atoms with van der Waals surface area (Å²) in [6, 6.07) is 36.6. The molecule has 0 unspecified atom stereocenters. The molecule has 0 atom stereocenters. The highest BCUT2D eigenvalue weighted by Gasteiger charge is 2.24. The van der Waals surface area contributed by atoms with Crippen molar-refractivity contribution in [2.75, 3.05) is 0 Å². The largest absolute Gasteiger partial charge is 0.460 e. The minimum atomic E-state index is -0.462. The zero-order chi connectivity index (χ0) is 20.6. The molecule has 0 aliphatic heterocycles. The number of carbonyl (C=O) groups is 1. The Hall–Kier alpha value is -3.85. The number of carbonyl (C=O) groups excluding carboxylic acids is 1. The van der Waals surface area contributed by atoms with E-state index < -0.39 is 5.92 Å². The van der Waals surface area contributed by atoms with Crippen molar-refractivity contribution in [1.82, 2.24) is 0 Å². The summed E-state index contributed by atoms with van der Waals surface area (Å²) >= 11 is 0. The number of ether oxygens (including phenoxy) is 2. The highest BCUT2D eigenvalue weighted by molar-refractivity contribution is 5.82. The first kappa shape index (κ1) is 19.5. The van der Waals surface area contributed by atoms with Gasteiger partial charge in [-0.05, 0) is 41.0 Å². The van der Waals surface area contributed by atoms with Gasteiger partial charge in [0.1, 0.15) is 24.0 Å². The van der Waals surface area contributed by atoms with Crippen LogP contribution in [0.5, 0.6) is 11.5 Å². The standard InChI is InChI=1S/C27H22O3/c28-27(26(22-12-4-1-5-13-22)23-14-6-2-7-15-23)29-20-21-11-10-18-25(19-21)30-24-16-8-3-9-17-24/h1-19,26H,20H2. The van der Waals surface area contributed by atoms with E-state index in [1.807, 2.05) is 115 Å². The number of benzene rings is 4. The Labute approximate surface area is 176 Å². The zero-order valence-corrected chi connectivity index (χ0v) is 16.5. The molecule has 4 aromatic carbocycles. The second-order valence-electron chi connectivity index (χ2n) is 6.92. The lowest BCUT2D eigenvalue weighted by Crippen LogP contribution is -2.17. The molecule has 0 saturated carbocycles. The Morgan fingerprint density at radius 1 is 0.633 bits per heavy atom. The van der Waals surface area contributed by atoms with Crippen LogP contribution in [0.1, 0.15) is 22.6 Å². The molecule has 0 saturated heterocycles. The van der Waals surface area contributed by atoms with Crippen LogP contribution in [-0.4, -0.2) is 5.97 Å². The number of para-hydroxylation sites is 1. The van der Waals surface area contributed by atoms with Gasteiger partial charge in [0, 0.05) is 0 Å². The zero-order valence-electron chi connectivity index (χ0n) is 16.5. The van der Waals surface area contributed by atoms with Crippen LogP contribution in [0.25, 0.3) is 0 Å². The summed E-state index contributed by atoms with van der Waals surface area (Å²) in [6.45, 7) is 0.182. The average Bonchev–Trinajstić information content (AvgIpc) is 2.80. The molecule has 0 amide bonds. The second kappa shape index (κ2) is 9.57. The molecule has 148 valence electrons. The molecule has 0 radical (unpaired) electrons. The van der Waals surface area contributed by atoms with Crippen molar-refractivity contribution in [1.29, 1.82) is 0 Å². The van der Waals surface area contributed by atoms with Crippen molar-refractivity contribution in [3.05, 3.63) is 132 Å². The summed E-state index contributed by atoms with van der Waals surface area (Å²) in [5.41, 5.74) is 2.70. The van der Waals surface area contributed by atoms with E-state index in [0.717, 1.165) is 22.4 Å². The van der Waals surface area contributed by atoms with Crippen LogP contribution in [0.4, 0.5) is 0 Å². The highest BCUT2D eigenvalue weighted by atomic mass is 16.5. The fourth-order valence-electron chi connectivity index (χ4n) is 3.32. The third-order valence-corrected chi connectivity index (χ3v) is 4.76. The Morgan fingerprint density at radius 3 is 1.77 bits per heavy atom.